The minimum atomic E-state index is 0.746. The van der Waals surface area contributed by atoms with E-state index in [2.05, 4.69) is 50.5 Å². The third-order valence-electron chi connectivity index (χ3n) is 4.04. The average molecular weight is 306 g/mol. The Labute approximate surface area is 134 Å². The Kier molecular flexibility index (Phi) is 3.78. The highest BCUT2D eigenvalue weighted by atomic mass is 16.5. The van der Waals surface area contributed by atoms with E-state index in [9.17, 15) is 0 Å². The average Bonchev–Trinajstić information content (AvgIpc) is 2.63. The van der Waals surface area contributed by atoms with Crippen molar-refractivity contribution in [1.82, 2.24) is 9.97 Å². The van der Waals surface area contributed by atoms with E-state index in [0.29, 0.717) is 0 Å². The van der Waals surface area contributed by atoms with Gasteiger partial charge < -0.3 is 15.0 Å². The van der Waals surface area contributed by atoms with E-state index >= 15 is 0 Å². The summed E-state index contributed by atoms with van der Waals surface area (Å²) >= 11 is 0. The van der Waals surface area contributed by atoms with Crippen LogP contribution in [0.4, 0.5) is 17.3 Å². The van der Waals surface area contributed by atoms with Crippen LogP contribution in [0.15, 0.2) is 54.9 Å². The lowest BCUT2D eigenvalue weighted by molar-refractivity contribution is 0.122. The first-order valence-corrected chi connectivity index (χ1v) is 7.80. The van der Waals surface area contributed by atoms with Gasteiger partial charge in [-0.05, 0) is 11.5 Å². The Hall–Kier alpha value is -2.66. The fourth-order valence-corrected chi connectivity index (χ4v) is 2.85. The minimum absolute atomic E-state index is 0.746. The van der Waals surface area contributed by atoms with Crippen LogP contribution in [0.2, 0.25) is 0 Å². The van der Waals surface area contributed by atoms with Gasteiger partial charge in [-0.3, -0.25) is 0 Å². The molecule has 5 heteroatoms. The van der Waals surface area contributed by atoms with Crippen LogP contribution in [0.3, 0.4) is 0 Å². The van der Waals surface area contributed by atoms with Crippen LogP contribution in [0, 0.1) is 0 Å². The van der Waals surface area contributed by atoms with Crippen molar-refractivity contribution < 1.29 is 4.74 Å². The van der Waals surface area contributed by atoms with Gasteiger partial charge in [0.25, 0.3) is 0 Å². The second kappa shape index (κ2) is 6.22. The van der Waals surface area contributed by atoms with Crippen LogP contribution in [0.25, 0.3) is 10.8 Å². The van der Waals surface area contributed by atoms with Gasteiger partial charge in [-0.2, -0.15) is 0 Å². The maximum Gasteiger partial charge on any atom is 0.135 e. The molecule has 1 aliphatic rings. The van der Waals surface area contributed by atoms with E-state index in [4.69, 9.17) is 4.74 Å². The predicted molar refractivity (Wildman–Crippen MR) is 92.3 cm³/mol. The number of nitrogens with one attached hydrogen (secondary N) is 1. The third-order valence-corrected chi connectivity index (χ3v) is 4.04. The number of nitrogens with zero attached hydrogens (tertiary/aromatic N) is 3. The van der Waals surface area contributed by atoms with Crippen LogP contribution in [0.5, 0.6) is 0 Å². The lowest BCUT2D eigenvalue weighted by Crippen LogP contribution is -2.36. The van der Waals surface area contributed by atoms with Gasteiger partial charge in [0.2, 0.25) is 0 Å². The van der Waals surface area contributed by atoms with Crippen molar-refractivity contribution in [3.8, 4) is 0 Å². The van der Waals surface area contributed by atoms with Crippen molar-refractivity contribution in [1.29, 1.82) is 0 Å². The van der Waals surface area contributed by atoms with Crippen LogP contribution in [-0.4, -0.2) is 36.3 Å². The van der Waals surface area contributed by atoms with Crippen molar-refractivity contribution in [2.75, 3.05) is 36.5 Å². The summed E-state index contributed by atoms with van der Waals surface area (Å²) in [6.07, 6.45) is 1.61. The summed E-state index contributed by atoms with van der Waals surface area (Å²) in [7, 11) is 0. The van der Waals surface area contributed by atoms with E-state index in [0.717, 1.165) is 43.6 Å². The van der Waals surface area contributed by atoms with Crippen LogP contribution in [-0.2, 0) is 4.74 Å². The molecular formula is C18H18N4O. The number of fused-ring (bicyclic) bond motifs is 1. The molecule has 1 aliphatic heterocycles. The van der Waals surface area contributed by atoms with Gasteiger partial charge in [-0.1, -0.05) is 36.4 Å². The Bertz CT molecular complexity index is 809. The Balaban J connectivity index is 1.63. The summed E-state index contributed by atoms with van der Waals surface area (Å²) in [6, 6.07) is 16.5. The highest BCUT2D eigenvalue weighted by Gasteiger charge is 2.13. The van der Waals surface area contributed by atoms with Gasteiger partial charge in [0, 0.05) is 30.2 Å². The number of morpholine rings is 1. The van der Waals surface area contributed by atoms with Crippen molar-refractivity contribution in [3.05, 3.63) is 54.9 Å². The normalized spacial score (nSPS) is 14.9. The lowest BCUT2D eigenvalue weighted by Gasteiger charge is -2.27. The Morgan fingerprint density at radius 2 is 1.78 bits per heavy atom. The molecule has 23 heavy (non-hydrogen) atoms. The van der Waals surface area contributed by atoms with Crippen molar-refractivity contribution in [2.45, 2.75) is 0 Å². The SMILES string of the molecule is c1ccc2c(Nc3cc(N4CCOCC4)ncn3)cccc2c1. The molecule has 2 heterocycles. The number of hydrogen-bond acceptors (Lipinski definition) is 5. The fourth-order valence-electron chi connectivity index (χ4n) is 2.85. The molecule has 1 aromatic heterocycles. The highest BCUT2D eigenvalue weighted by molar-refractivity contribution is 5.95. The van der Waals surface area contributed by atoms with Gasteiger partial charge >= 0.3 is 0 Å². The third kappa shape index (κ3) is 2.96. The Morgan fingerprint density at radius 1 is 0.957 bits per heavy atom. The summed E-state index contributed by atoms with van der Waals surface area (Å²) in [6.45, 7) is 3.22. The molecule has 1 N–H and O–H groups in total. The number of hydrogen-bond donors (Lipinski definition) is 1. The standard InChI is InChI=1S/C18H18N4O/c1-2-6-15-14(4-1)5-3-7-16(15)21-17-12-18(20-13-19-17)22-8-10-23-11-9-22/h1-7,12-13H,8-11H2,(H,19,20,21). The molecule has 2 aromatic carbocycles. The van der Waals surface area contributed by atoms with Gasteiger partial charge in [-0.25, -0.2) is 9.97 Å². The zero-order chi connectivity index (χ0) is 15.5. The van der Waals surface area contributed by atoms with Crippen LogP contribution >= 0.6 is 0 Å². The van der Waals surface area contributed by atoms with Crippen LogP contribution < -0.4 is 10.2 Å². The molecule has 3 aromatic rings. The molecule has 0 unspecified atom stereocenters. The number of rotatable bonds is 3. The van der Waals surface area contributed by atoms with E-state index in [1.54, 1.807) is 6.33 Å². The Morgan fingerprint density at radius 3 is 2.70 bits per heavy atom. The van der Waals surface area contributed by atoms with E-state index in [-0.39, 0.29) is 0 Å². The second-order valence-corrected chi connectivity index (χ2v) is 5.51. The van der Waals surface area contributed by atoms with Crippen LogP contribution in [0.1, 0.15) is 0 Å². The number of benzene rings is 2. The van der Waals surface area contributed by atoms with E-state index in [1.807, 2.05) is 18.2 Å². The largest absolute Gasteiger partial charge is 0.378 e. The van der Waals surface area contributed by atoms with Gasteiger partial charge in [0.05, 0.1) is 13.2 Å². The second-order valence-electron chi connectivity index (χ2n) is 5.51. The molecule has 0 bridgehead atoms. The molecule has 4 rings (SSSR count). The smallest absolute Gasteiger partial charge is 0.135 e. The molecule has 1 saturated heterocycles. The molecule has 0 spiro atoms. The van der Waals surface area contributed by atoms with Gasteiger partial charge in [0.15, 0.2) is 0 Å². The minimum Gasteiger partial charge on any atom is -0.378 e. The summed E-state index contributed by atoms with van der Waals surface area (Å²) < 4.78 is 5.39. The molecule has 0 amide bonds. The fraction of sp³-hybridized carbons (Fsp3) is 0.222. The summed E-state index contributed by atoms with van der Waals surface area (Å²) in [4.78, 5) is 11.0. The van der Waals surface area contributed by atoms with Gasteiger partial charge in [-0.15, -0.1) is 0 Å². The first kappa shape index (κ1) is 14.0. The number of aromatic nitrogens is 2. The molecule has 0 radical (unpaired) electrons. The molecule has 0 aliphatic carbocycles. The number of anilines is 3. The summed E-state index contributed by atoms with van der Waals surface area (Å²) in [5, 5.41) is 5.81. The molecule has 116 valence electrons. The zero-order valence-electron chi connectivity index (χ0n) is 12.8. The van der Waals surface area contributed by atoms with E-state index in [1.165, 1.54) is 10.8 Å². The highest BCUT2D eigenvalue weighted by Crippen LogP contribution is 2.26. The molecule has 0 atom stereocenters. The van der Waals surface area contributed by atoms with E-state index < -0.39 is 0 Å². The predicted octanol–water partition coefficient (Wildman–Crippen LogP) is 3.21. The quantitative estimate of drug-likeness (QED) is 0.805. The molecular weight excluding hydrogens is 288 g/mol. The first-order chi connectivity index (χ1) is 11.4. The van der Waals surface area contributed by atoms with Crippen molar-refractivity contribution in [3.63, 3.8) is 0 Å². The maximum absolute atomic E-state index is 5.39. The topological polar surface area (TPSA) is 50.3 Å². The zero-order valence-corrected chi connectivity index (χ0v) is 12.8. The van der Waals surface area contributed by atoms with Crippen molar-refractivity contribution >= 4 is 28.1 Å². The first-order valence-electron chi connectivity index (χ1n) is 7.80. The van der Waals surface area contributed by atoms with Gasteiger partial charge in [0.1, 0.15) is 18.0 Å². The monoisotopic (exact) mass is 306 g/mol. The van der Waals surface area contributed by atoms with Crippen molar-refractivity contribution in [2.24, 2.45) is 0 Å². The molecule has 1 fully saturated rings. The molecule has 5 nitrogen and oxygen atoms in total. The maximum atomic E-state index is 5.39. The molecule has 0 saturated carbocycles. The lowest BCUT2D eigenvalue weighted by atomic mass is 10.1. The summed E-state index contributed by atoms with van der Waals surface area (Å²) in [5.41, 5.74) is 1.05. The summed E-state index contributed by atoms with van der Waals surface area (Å²) in [5.74, 6) is 1.74. The number of ether oxygens (including phenoxy) is 1.